The Morgan fingerprint density at radius 1 is 1.26 bits per heavy atom. The highest BCUT2D eigenvalue weighted by atomic mass is 32.2. The second-order valence-corrected chi connectivity index (χ2v) is 9.04. The molecule has 0 aliphatic carbocycles. The first-order chi connectivity index (χ1) is 12.8. The van der Waals surface area contributed by atoms with Crippen LogP contribution in [-0.4, -0.2) is 62.0 Å². The number of sulfone groups is 1. The third-order valence-corrected chi connectivity index (χ3v) is 6.53. The molecule has 2 heterocycles. The van der Waals surface area contributed by atoms with Crippen molar-refractivity contribution in [3.63, 3.8) is 0 Å². The lowest BCUT2D eigenvalue weighted by atomic mass is 9.97. The number of benzene rings is 1. The molecule has 146 valence electrons. The van der Waals surface area contributed by atoms with Crippen LogP contribution in [0.4, 0.5) is 0 Å². The van der Waals surface area contributed by atoms with E-state index in [9.17, 15) is 22.8 Å². The molecule has 8 nitrogen and oxygen atoms in total. The van der Waals surface area contributed by atoms with Crippen LogP contribution in [0.2, 0.25) is 0 Å². The highest BCUT2D eigenvalue weighted by molar-refractivity contribution is 7.90. The van der Waals surface area contributed by atoms with Gasteiger partial charge in [0, 0.05) is 18.5 Å². The van der Waals surface area contributed by atoms with Crippen LogP contribution in [0, 0.1) is 0 Å². The summed E-state index contributed by atoms with van der Waals surface area (Å²) in [5, 5.41) is 0. The summed E-state index contributed by atoms with van der Waals surface area (Å²) in [7, 11) is -3.63. The number of hydrogen-bond acceptors (Lipinski definition) is 6. The van der Waals surface area contributed by atoms with E-state index >= 15 is 0 Å². The number of ketones is 1. The third kappa shape index (κ3) is 4.36. The molecule has 0 spiro atoms. The topological polar surface area (TPSA) is 124 Å². The summed E-state index contributed by atoms with van der Waals surface area (Å²) in [5.74, 6) is -1.92. The smallest absolute Gasteiger partial charge is 0.249 e. The minimum absolute atomic E-state index is 0.00130. The monoisotopic (exact) mass is 394 g/mol. The standard InChI is InChI=1S/C18H22N2O6S/c19-18(23)13-5-2-1-4-12(13)11-27(24,25)9-7-16(22)20-8-3-6-15-17(20)14(21)10-26-15/h1-2,4-5,15,17H,3,6-11H2,(H2,19,23). The van der Waals surface area contributed by atoms with Gasteiger partial charge in [0.2, 0.25) is 11.8 Å². The molecular weight excluding hydrogens is 372 g/mol. The largest absolute Gasteiger partial charge is 0.368 e. The minimum Gasteiger partial charge on any atom is -0.368 e. The molecule has 2 amide bonds. The fraction of sp³-hybridized carbons (Fsp3) is 0.500. The molecule has 1 aromatic carbocycles. The van der Waals surface area contributed by atoms with Crippen LogP contribution in [0.1, 0.15) is 35.2 Å². The number of hydrogen-bond donors (Lipinski definition) is 1. The number of nitrogens with zero attached hydrogens (tertiary/aromatic N) is 1. The Bertz CT molecular complexity index is 866. The van der Waals surface area contributed by atoms with Gasteiger partial charge in [-0.25, -0.2) is 8.42 Å². The zero-order valence-electron chi connectivity index (χ0n) is 14.8. The van der Waals surface area contributed by atoms with Gasteiger partial charge in [0.05, 0.1) is 17.6 Å². The Labute approximate surface area is 157 Å². The van der Waals surface area contributed by atoms with Gasteiger partial charge in [-0.15, -0.1) is 0 Å². The van der Waals surface area contributed by atoms with Gasteiger partial charge in [-0.1, -0.05) is 18.2 Å². The normalized spacial score (nSPS) is 22.5. The zero-order valence-corrected chi connectivity index (χ0v) is 15.6. The van der Waals surface area contributed by atoms with E-state index in [-0.39, 0.29) is 47.9 Å². The second kappa shape index (κ2) is 7.77. The third-order valence-electron chi connectivity index (χ3n) is 4.95. The molecule has 2 atom stereocenters. The molecule has 9 heteroatoms. The molecule has 27 heavy (non-hydrogen) atoms. The van der Waals surface area contributed by atoms with E-state index in [1.165, 1.54) is 17.0 Å². The van der Waals surface area contributed by atoms with Crippen LogP contribution >= 0.6 is 0 Å². The number of ether oxygens (including phenoxy) is 1. The van der Waals surface area contributed by atoms with Crippen molar-refractivity contribution in [2.45, 2.75) is 37.2 Å². The van der Waals surface area contributed by atoms with Crippen LogP contribution < -0.4 is 5.73 Å². The average Bonchev–Trinajstić information content (AvgIpc) is 3.01. The summed E-state index contributed by atoms with van der Waals surface area (Å²) in [5.41, 5.74) is 5.74. The fourth-order valence-electron chi connectivity index (χ4n) is 3.65. The van der Waals surface area contributed by atoms with Gasteiger partial charge in [0.15, 0.2) is 15.6 Å². The van der Waals surface area contributed by atoms with E-state index in [0.29, 0.717) is 12.1 Å². The number of Topliss-reactive ketones (excluding diaryl/α,β-unsaturated/α-hetero) is 1. The van der Waals surface area contributed by atoms with E-state index in [4.69, 9.17) is 10.5 Å². The lowest BCUT2D eigenvalue weighted by Gasteiger charge is -2.35. The van der Waals surface area contributed by atoms with Crippen molar-refractivity contribution in [3.05, 3.63) is 35.4 Å². The maximum Gasteiger partial charge on any atom is 0.249 e. The second-order valence-electron chi connectivity index (χ2n) is 6.85. The van der Waals surface area contributed by atoms with Crippen molar-refractivity contribution in [3.8, 4) is 0 Å². The molecule has 2 aliphatic rings. The average molecular weight is 394 g/mol. The Hall–Kier alpha value is -2.26. The molecule has 3 rings (SSSR count). The molecule has 0 aromatic heterocycles. The van der Waals surface area contributed by atoms with Gasteiger partial charge in [0.25, 0.3) is 0 Å². The van der Waals surface area contributed by atoms with Gasteiger partial charge < -0.3 is 15.4 Å². The maximum atomic E-state index is 12.5. The molecule has 2 saturated heterocycles. The maximum absolute atomic E-state index is 12.5. The van der Waals surface area contributed by atoms with Crippen LogP contribution in [0.3, 0.4) is 0 Å². The van der Waals surface area contributed by atoms with Crippen LogP contribution in [0.15, 0.2) is 24.3 Å². The van der Waals surface area contributed by atoms with Gasteiger partial charge in [-0.2, -0.15) is 0 Å². The fourth-order valence-corrected chi connectivity index (χ4v) is 5.01. The Morgan fingerprint density at radius 3 is 2.74 bits per heavy atom. The number of carbonyl (C=O) groups excluding carboxylic acids is 3. The molecule has 0 bridgehead atoms. The number of likely N-dealkylation sites (tertiary alicyclic amines) is 1. The van der Waals surface area contributed by atoms with E-state index in [1.54, 1.807) is 12.1 Å². The number of nitrogens with two attached hydrogens (primary N) is 1. The molecule has 1 aromatic rings. The highest BCUT2D eigenvalue weighted by Crippen LogP contribution is 2.27. The number of piperidine rings is 1. The number of carbonyl (C=O) groups is 3. The predicted octanol–water partition coefficient (Wildman–Crippen LogP) is 0.0493. The van der Waals surface area contributed by atoms with Gasteiger partial charge >= 0.3 is 0 Å². The molecule has 0 radical (unpaired) electrons. The van der Waals surface area contributed by atoms with Crippen molar-refractivity contribution >= 4 is 27.4 Å². The lowest BCUT2D eigenvalue weighted by molar-refractivity contribution is -0.140. The number of amides is 2. The summed E-state index contributed by atoms with van der Waals surface area (Å²) in [4.78, 5) is 37.4. The Kier molecular flexibility index (Phi) is 5.61. The van der Waals surface area contributed by atoms with E-state index in [1.807, 2.05) is 0 Å². The van der Waals surface area contributed by atoms with Crippen molar-refractivity contribution in [2.24, 2.45) is 5.73 Å². The number of primary amides is 1. The molecule has 2 aliphatic heterocycles. The lowest BCUT2D eigenvalue weighted by Crippen LogP contribution is -2.52. The van der Waals surface area contributed by atoms with Crippen LogP contribution in [0.25, 0.3) is 0 Å². The molecule has 2 N–H and O–H groups in total. The minimum atomic E-state index is -3.63. The number of fused-ring (bicyclic) bond motifs is 1. The SMILES string of the molecule is NC(=O)c1ccccc1CS(=O)(=O)CCC(=O)N1CCCC2OCC(=O)C21. The zero-order chi connectivity index (χ0) is 19.6. The first-order valence-electron chi connectivity index (χ1n) is 8.80. The van der Waals surface area contributed by atoms with Crippen molar-refractivity contribution in [1.29, 1.82) is 0 Å². The summed E-state index contributed by atoms with van der Waals surface area (Å²) >= 11 is 0. The first-order valence-corrected chi connectivity index (χ1v) is 10.6. The Morgan fingerprint density at radius 2 is 2.00 bits per heavy atom. The molecule has 2 fully saturated rings. The van der Waals surface area contributed by atoms with Crippen molar-refractivity contribution < 1.29 is 27.5 Å². The van der Waals surface area contributed by atoms with Gasteiger partial charge in [-0.05, 0) is 24.5 Å². The highest BCUT2D eigenvalue weighted by Gasteiger charge is 2.44. The summed E-state index contributed by atoms with van der Waals surface area (Å²) < 4.78 is 30.3. The summed E-state index contributed by atoms with van der Waals surface area (Å²) in [6.45, 7) is 0.432. The molecular formula is C18H22N2O6S. The van der Waals surface area contributed by atoms with Gasteiger partial charge in [-0.3, -0.25) is 14.4 Å². The van der Waals surface area contributed by atoms with Crippen LogP contribution in [0.5, 0.6) is 0 Å². The molecule has 2 unspecified atom stereocenters. The summed E-state index contributed by atoms with van der Waals surface area (Å²) in [6.07, 6.45) is 0.952. The first kappa shape index (κ1) is 19.5. The van der Waals surface area contributed by atoms with Crippen molar-refractivity contribution in [2.75, 3.05) is 18.9 Å². The quantitative estimate of drug-likeness (QED) is 0.727. The summed E-state index contributed by atoms with van der Waals surface area (Å²) in [6, 6.07) is 5.64. The van der Waals surface area contributed by atoms with E-state index in [0.717, 1.165) is 12.8 Å². The van der Waals surface area contributed by atoms with E-state index in [2.05, 4.69) is 0 Å². The number of rotatable bonds is 6. The molecule has 0 saturated carbocycles. The van der Waals surface area contributed by atoms with Crippen LogP contribution in [-0.2, 0) is 29.9 Å². The Balaban J connectivity index is 1.64. The predicted molar refractivity (Wildman–Crippen MR) is 96.5 cm³/mol. The van der Waals surface area contributed by atoms with E-state index < -0.39 is 21.8 Å². The van der Waals surface area contributed by atoms with Crippen molar-refractivity contribution in [1.82, 2.24) is 4.90 Å². The van der Waals surface area contributed by atoms with Gasteiger partial charge in [0.1, 0.15) is 12.6 Å².